The number of hydrogen-bond acceptors (Lipinski definition) is 4. The maximum atomic E-state index is 5.43. The van der Waals surface area contributed by atoms with Gasteiger partial charge in [0.15, 0.2) is 0 Å². The minimum Gasteiger partial charge on any atom is -0.384 e. The largest absolute Gasteiger partial charge is 0.384 e. The van der Waals surface area contributed by atoms with Gasteiger partial charge in [0.2, 0.25) is 0 Å². The zero-order valence-corrected chi connectivity index (χ0v) is 10.0. The van der Waals surface area contributed by atoms with Crippen molar-refractivity contribution in [1.82, 2.24) is 10.2 Å². The summed E-state index contributed by atoms with van der Waals surface area (Å²) in [5.41, 5.74) is 0.485. The van der Waals surface area contributed by atoms with Crippen molar-refractivity contribution in [3.05, 3.63) is 0 Å². The van der Waals surface area contributed by atoms with E-state index < -0.39 is 0 Å². The van der Waals surface area contributed by atoms with Gasteiger partial charge < -0.3 is 19.7 Å². The lowest BCUT2D eigenvalue weighted by atomic mass is 9.69. The van der Waals surface area contributed by atoms with Gasteiger partial charge in [0.25, 0.3) is 0 Å². The molecule has 0 aromatic rings. The molecule has 2 fully saturated rings. The van der Waals surface area contributed by atoms with Crippen LogP contribution in [0.1, 0.15) is 0 Å². The van der Waals surface area contributed by atoms with Crippen LogP contribution in [-0.4, -0.2) is 65.6 Å². The van der Waals surface area contributed by atoms with Crippen molar-refractivity contribution in [3.8, 4) is 0 Å². The summed E-state index contributed by atoms with van der Waals surface area (Å²) >= 11 is 0. The fourth-order valence-corrected chi connectivity index (χ4v) is 3.50. The fourth-order valence-electron chi connectivity index (χ4n) is 3.50. The van der Waals surface area contributed by atoms with Crippen LogP contribution in [0.5, 0.6) is 0 Å². The first-order valence-electron chi connectivity index (χ1n) is 5.55. The summed E-state index contributed by atoms with van der Waals surface area (Å²) in [4.78, 5) is 2.40. The van der Waals surface area contributed by atoms with Crippen LogP contribution in [0.15, 0.2) is 0 Å². The monoisotopic (exact) mass is 214 g/mol. The number of rotatable bonds is 4. The Kier molecular flexibility index (Phi) is 3.03. The summed E-state index contributed by atoms with van der Waals surface area (Å²) in [5.74, 6) is 0. The summed E-state index contributed by atoms with van der Waals surface area (Å²) in [6.07, 6.45) is 0. The minimum atomic E-state index is 0.243. The molecule has 2 saturated heterocycles. The summed E-state index contributed by atoms with van der Waals surface area (Å²) in [7, 11) is 5.78. The lowest BCUT2D eigenvalue weighted by molar-refractivity contribution is -0.00741. The number of methoxy groups -OCH3 is 2. The molecule has 0 aromatic heterocycles. The molecule has 2 aliphatic rings. The fraction of sp³-hybridized carbons (Fsp3) is 1.00. The van der Waals surface area contributed by atoms with E-state index in [1.807, 2.05) is 0 Å². The minimum absolute atomic E-state index is 0.243. The van der Waals surface area contributed by atoms with Gasteiger partial charge in [-0.1, -0.05) is 0 Å². The molecular weight excluding hydrogens is 192 g/mol. The Morgan fingerprint density at radius 1 is 1.07 bits per heavy atom. The highest BCUT2D eigenvalue weighted by Crippen LogP contribution is 2.48. The van der Waals surface area contributed by atoms with Crippen LogP contribution in [0.2, 0.25) is 0 Å². The molecular formula is C11H22N2O2. The van der Waals surface area contributed by atoms with E-state index in [4.69, 9.17) is 9.47 Å². The Hall–Kier alpha value is -0.160. The number of nitrogens with zero attached hydrogens (tertiary/aromatic N) is 1. The Balaban J connectivity index is 2.23. The lowest BCUT2D eigenvalue weighted by Crippen LogP contribution is -2.46. The van der Waals surface area contributed by atoms with Gasteiger partial charge in [-0.25, -0.2) is 0 Å². The van der Waals surface area contributed by atoms with Crippen LogP contribution in [0.3, 0.4) is 0 Å². The Bertz CT molecular complexity index is 215. The molecule has 0 spiro atoms. The van der Waals surface area contributed by atoms with E-state index in [-0.39, 0.29) is 10.8 Å². The highest BCUT2D eigenvalue weighted by Gasteiger charge is 2.59. The van der Waals surface area contributed by atoms with E-state index in [0.717, 1.165) is 39.4 Å². The maximum absolute atomic E-state index is 5.43. The summed E-state index contributed by atoms with van der Waals surface area (Å²) < 4.78 is 10.9. The van der Waals surface area contributed by atoms with E-state index in [1.54, 1.807) is 14.2 Å². The lowest BCUT2D eigenvalue weighted by Gasteiger charge is -2.37. The molecule has 0 saturated carbocycles. The van der Waals surface area contributed by atoms with Crippen molar-refractivity contribution in [2.24, 2.45) is 10.8 Å². The van der Waals surface area contributed by atoms with Crippen molar-refractivity contribution < 1.29 is 9.47 Å². The highest BCUT2D eigenvalue weighted by molar-refractivity contribution is 5.12. The second-order valence-electron chi connectivity index (χ2n) is 5.20. The predicted octanol–water partition coefficient (Wildman–Crippen LogP) is -0.199. The normalized spacial score (nSPS) is 41.0. The van der Waals surface area contributed by atoms with E-state index in [0.29, 0.717) is 0 Å². The number of nitrogens with one attached hydrogen (secondary N) is 1. The van der Waals surface area contributed by atoms with Crippen molar-refractivity contribution in [3.63, 3.8) is 0 Å². The zero-order chi connectivity index (χ0) is 10.9. The quantitative estimate of drug-likeness (QED) is 0.703. The van der Waals surface area contributed by atoms with E-state index in [2.05, 4.69) is 17.3 Å². The van der Waals surface area contributed by atoms with Gasteiger partial charge in [0, 0.05) is 51.2 Å². The molecule has 2 heterocycles. The molecule has 0 amide bonds. The molecule has 15 heavy (non-hydrogen) atoms. The van der Waals surface area contributed by atoms with Gasteiger partial charge in [0.1, 0.15) is 0 Å². The van der Waals surface area contributed by atoms with Gasteiger partial charge >= 0.3 is 0 Å². The topological polar surface area (TPSA) is 33.7 Å². The van der Waals surface area contributed by atoms with Gasteiger partial charge in [-0.2, -0.15) is 0 Å². The first-order chi connectivity index (χ1) is 7.18. The first kappa shape index (κ1) is 11.3. The van der Waals surface area contributed by atoms with Crippen LogP contribution in [0.25, 0.3) is 0 Å². The van der Waals surface area contributed by atoms with Crippen molar-refractivity contribution in [2.75, 3.05) is 60.7 Å². The number of fused-ring (bicyclic) bond motifs is 1. The molecule has 2 rings (SSSR count). The predicted molar refractivity (Wildman–Crippen MR) is 59.0 cm³/mol. The van der Waals surface area contributed by atoms with E-state index in [9.17, 15) is 0 Å². The molecule has 2 atom stereocenters. The molecule has 0 aromatic carbocycles. The molecule has 4 heteroatoms. The maximum Gasteiger partial charge on any atom is 0.0550 e. The molecule has 2 aliphatic heterocycles. The molecule has 4 nitrogen and oxygen atoms in total. The van der Waals surface area contributed by atoms with Crippen molar-refractivity contribution in [2.45, 2.75) is 0 Å². The van der Waals surface area contributed by atoms with Crippen LogP contribution >= 0.6 is 0 Å². The Morgan fingerprint density at radius 2 is 1.53 bits per heavy atom. The summed E-state index contributed by atoms with van der Waals surface area (Å²) in [6.45, 7) is 5.97. The van der Waals surface area contributed by atoms with Gasteiger partial charge in [-0.3, -0.25) is 0 Å². The number of likely N-dealkylation sites (tertiary alicyclic amines) is 1. The molecule has 0 bridgehead atoms. The average Bonchev–Trinajstić information content (AvgIpc) is 2.56. The molecule has 88 valence electrons. The van der Waals surface area contributed by atoms with Crippen LogP contribution in [0, 0.1) is 10.8 Å². The second-order valence-corrected chi connectivity index (χ2v) is 5.20. The van der Waals surface area contributed by atoms with Crippen LogP contribution in [0.4, 0.5) is 0 Å². The number of hydrogen-bond donors (Lipinski definition) is 1. The summed E-state index contributed by atoms with van der Waals surface area (Å²) in [6, 6.07) is 0. The molecule has 1 N–H and O–H groups in total. The van der Waals surface area contributed by atoms with Gasteiger partial charge in [-0.15, -0.1) is 0 Å². The molecule has 0 aliphatic carbocycles. The molecule has 0 unspecified atom stereocenters. The highest BCUT2D eigenvalue weighted by atomic mass is 16.5. The third-order valence-electron chi connectivity index (χ3n) is 4.04. The Labute approximate surface area is 91.9 Å². The summed E-state index contributed by atoms with van der Waals surface area (Å²) in [5, 5.41) is 3.51. The van der Waals surface area contributed by atoms with Gasteiger partial charge in [-0.05, 0) is 7.05 Å². The molecule has 0 radical (unpaired) electrons. The number of ether oxygens (including phenoxy) is 2. The Morgan fingerprint density at radius 3 is 1.93 bits per heavy atom. The standard InChI is InChI=1S/C11H22N2O2/c1-13-6-10(8-14-2)4-12-5-11(10,7-13)9-15-3/h12H,4-9H2,1-3H3/t10-,11+. The van der Waals surface area contributed by atoms with Crippen molar-refractivity contribution in [1.29, 1.82) is 0 Å². The first-order valence-corrected chi connectivity index (χ1v) is 5.55. The SMILES string of the molecule is COC[C@]12CNC[C@@]1(COC)CN(C)C2. The van der Waals surface area contributed by atoms with Gasteiger partial charge in [0.05, 0.1) is 13.2 Å². The van der Waals surface area contributed by atoms with E-state index >= 15 is 0 Å². The van der Waals surface area contributed by atoms with Crippen LogP contribution in [-0.2, 0) is 9.47 Å². The smallest absolute Gasteiger partial charge is 0.0550 e. The third kappa shape index (κ3) is 1.60. The van der Waals surface area contributed by atoms with Crippen molar-refractivity contribution >= 4 is 0 Å². The van der Waals surface area contributed by atoms with E-state index in [1.165, 1.54) is 0 Å². The average molecular weight is 214 g/mol. The zero-order valence-electron chi connectivity index (χ0n) is 10.0. The second kappa shape index (κ2) is 4.01. The third-order valence-corrected chi connectivity index (χ3v) is 4.04. The van der Waals surface area contributed by atoms with Crippen LogP contribution < -0.4 is 5.32 Å².